The second-order valence-corrected chi connectivity index (χ2v) is 4.45. The number of methoxy groups -OCH3 is 1. The van der Waals surface area contributed by atoms with Gasteiger partial charge in [-0.15, -0.1) is 0 Å². The highest BCUT2D eigenvalue weighted by molar-refractivity contribution is 9.10. The molecule has 0 amide bonds. The second kappa shape index (κ2) is 4.89. The number of halogens is 2. The van der Waals surface area contributed by atoms with Crippen LogP contribution in [0.25, 0.3) is 11.3 Å². The Morgan fingerprint density at radius 1 is 1.53 bits per heavy atom. The van der Waals surface area contributed by atoms with Crippen molar-refractivity contribution in [1.82, 2.24) is 9.97 Å². The number of hydrogen-bond donors (Lipinski definition) is 1. The van der Waals surface area contributed by atoms with E-state index in [-0.39, 0.29) is 5.82 Å². The van der Waals surface area contributed by atoms with Gasteiger partial charge in [0.05, 0.1) is 12.1 Å². The highest BCUT2D eigenvalue weighted by Gasteiger charge is 2.13. The van der Waals surface area contributed by atoms with Crippen molar-refractivity contribution in [2.75, 3.05) is 7.11 Å². The van der Waals surface area contributed by atoms with Gasteiger partial charge >= 0.3 is 0 Å². The number of rotatable bonds is 3. The molecule has 6 heteroatoms. The van der Waals surface area contributed by atoms with Gasteiger partial charge in [-0.3, -0.25) is 4.79 Å². The zero-order valence-electron chi connectivity index (χ0n) is 8.83. The Labute approximate surface area is 111 Å². The van der Waals surface area contributed by atoms with Gasteiger partial charge in [0.25, 0.3) is 0 Å². The first-order chi connectivity index (χ1) is 8.15. The van der Waals surface area contributed by atoms with Gasteiger partial charge in [0.2, 0.25) is 0 Å². The molecule has 0 fully saturated rings. The van der Waals surface area contributed by atoms with Crippen molar-refractivity contribution in [2.45, 2.75) is 0 Å². The van der Waals surface area contributed by atoms with Gasteiger partial charge in [-0.2, -0.15) is 0 Å². The minimum Gasteiger partial charge on any atom is -0.497 e. The summed E-state index contributed by atoms with van der Waals surface area (Å²) in [5.41, 5.74) is 1.32. The van der Waals surface area contributed by atoms with E-state index < -0.39 is 0 Å². The van der Waals surface area contributed by atoms with E-state index in [1.54, 1.807) is 25.3 Å². The summed E-state index contributed by atoms with van der Waals surface area (Å²) in [4.78, 5) is 17.5. The van der Waals surface area contributed by atoms with Crippen LogP contribution < -0.4 is 4.74 Å². The molecule has 0 aliphatic rings. The molecule has 0 unspecified atom stereocenters. The van der Waals surface area contributed by atoms with E-state index in [0.717, 1.165) is 5.56 Å². The molecule has 0 aliphatic heterocycles. The summed E-state index contributed by atoms with van der Waals surface area (Å²) in [7, 11) is 1.57. The maximum atomic E-state index is 10.6. The monoisotopic (exact) mass is 314 g/mol. The second-order valence-electron chi connectivity index (χ2n) is 3.25. The molecule has 0 atom stereocenters. The molecule has 2 rings (SSSR count). The van der Waals surface area contributed by atoms with Crippen LogP contribution in [0.3, 0.4) is 0 Å². The zero-order chi connectivity index (χ0) is 12.4. The predicted molar refractivity (Wildman–Crippen MR) is 68.7 cm³/mol. The van der Waals surface area contributed by atoms with E-state index >= 15 is 0 Å². The molecule has 0 saturated carbocycles. The van der Waals surface area contributed by atoms with Crippen molar-refractivity contribution < 1.29 is 9.53 Å². The van der Waals surface area contributed by atoms with Gasteiger partial charge in [0.15, 0.2) is 12.1 Å². The summed E-state index contributed by atoms with van der Waals surface area (Å²) in [5.74, 6) is 0.916. The standard InChI is InChI=1S/C11H8BrClN2O2/c1-17-6-2-3-7(8(13)4-6)10-11(12)15-9(5-16)14-10/h2-5H,1H3,(H,14,15). The number of benzene rings is 1. The molecule has 0 aliphatic carbocycles. The van der Waals surface area contributed by atoms with Crippen LogP contribution in [0.5, 0.6) is 5.75 Å². The van der Waals surface area contributed by atoms with Crippen LogP contribution in [0.1, 0.15) is 10.6 Å². The van der Waals surface area contributed by atoms with Crippen LogP contribution >= 0.6 is 27.5 Å². The maximum Gasteiger partial charge on any atom is 0.185 e. The van der Waals surface area contributed by atoms with Crippen molar-refractivity contribution in [3.05, 3.63) is 33.6 Å². The third-order valence-corrected chi connectivity index (χ3v) is 3.11. The Morgan fingerprint density at radius 2 is 2.29 bits per heavy atom. The van der Waals surface area contributed by atoms with Gasteiger partial charge in [-0.1, -0.05) is 11.6 Å². The first-order valence-electron chi connectivity index (χ1n) is 4.70. The fraction of sp³-hybridized carbons (Fsp3) is 0.0909. The molecule has 4 nitrogen and oxygen atoms in total. The normalized spacial score (nSPS) is 10.3. The molecule has 17 heavy (non-hydrogen) atoms. The molecule has 1 aromatic heterocycles. The quantitative estimate of drug-likeness (QED) is 0.884. The van der Waals surface area contributed by atoms with Crippen molar-refractivity contribution in [3.63, 3.8) is 0 Å². The number of H-pyrrole nitrogens is 1. The van der Waals surface area contributed by atoms with E-state index in [1.165, 1.54) is 0 Å². The maximum absolute atomic E-state index is 10.6. The van der Waals surface area contributed by atoms with E-state index in [1.807, 2.05) is 0 Å². The molecule has 1 heterocycles. The van der Waals surface area contributed by atoms with Gasteiger partial charge in [-0.05, 0) is 34.1 Å². The zero-order valence-corrected chi connectivity index (χ0v) is 11.2. The first-order valence-corrected chi connectivity index (χ1v) is 5.87. The molecule has 1 aromatic carbocycles. The highest BCUT2D eigenvalue weighted by Crippen LogP contribution is 2.33. The number of imidazole rings is 1. The molecule has 0 spiro atoms. The lowest BCUT2D eigenvalue weighted by atomic mass is 10.1. The minimum absolute atomic E-state index is 0.249. The van der Waals surface area contributed by atoms with Gasteiger partial charge < -0.3 is 9.72 Å². The fourth-order valence-corrected chi connectivity index (χ4v) is 2.18. The third-order valence-electron chi connectivity index (χ3n) is 2.22. The summed E-state index contributed by atoms with van der Waals surface area (Å²) in [6.07, 6.45) is 0.645. The van der Waals surface area contributed by atoms with Gasteiger partial charge in [-0.25, -0.2) is 4.98 Å². The Bertz CT molecular complexity index is 569. The molecule has 2 aromatic rings. The largest absolute Gasteiger partial charge is 0.497 e. The van der Waals surface area contributed by atoms with Crippen LogP contribution in [-0.2, 0) is 0 Å². The number of carbonyl (C=O) groups excluding carboxylic acids is 1. The topological polar surface area (TPSA) is 55.0 Å². The van der Waals surface area contributed by atoms with E-state index in [0.29, 0.717) is 27.4 Å². The van der Waals surface area contributed by atoms with E-state index in [2.05, 4.69) is 25.9 Å². The number of aldehydes is 1. The molecular formula is C11H8BrClN2O2. The molecular weight excluding hydrogens is 307 g/mol. The average Bonchev–Trinajstić information content (AvgIpc) is 2.70. The Morgan fingerprint density at radius 3 is 2.82 bits per heavy atom. The molecule has 0 radical (unpaired) electrons. The number of nitrogens with zero attached hydrogens (tertiary/aromatic N) is 1. The van der Waals surface area contributed by atoms with Crippen LogP contribution in [0.4, 0.5) is 0 Å². The summed E-state index contributed by atoms with van der Waals surface area (Å²) >= 11 is 9.42. The Kier molecular flexibility index (Phi) is 3.49. The number of nitrogens with one attached hydrogen (secondary N) is 1. The number of hydrogen-bond acceptors (Lipinski definition) is 3. The van der Waals surface area contributed by atoms with Crippen LogP contribution in [0, 0.1) is 0 Å². The lowest BCUT2D eigenvalue weighted by Gasteiger charge is -2.04. The molecule has 88 valence electrons. The number of aromatic amines is 1. The average molecular weight is 316 g/mol. The van der Waals surface area contributed by atoms with Gasteiger partial charge in [0, 0.05) is 5.56 Å². The fourth-order valence-electron chi connectivity index (χ4n) is 1.42. The van der Waals surface area contributed by atoms with Gasteiger partial charge in [0.1, 0.15) is 16.0 Å². The van der Waals surface area contributed by atoms with Crippen LogP contribution in [-0.4, -0.2) is 23.4 Å². The van der Waals surface area contributed by atoms with E-state index in [9.17, 15) is 4.79 Å². The third kappa shape index (κ3) is 2.35. The smallest absolute Gasteiger partial charge is 0.185 e. The number of carbonyl (C=O) groups is 1. The lowest BCUT2D eigenvalue weighted by molar-refractivity contribution is 0.111. The summed E-state index contributed by atoms with van der Waals surface area (Å²) in [6, 6.07) is 5.26. The predicted octanol–water partition coefficient (Wildman–Crippen LogP) is 3.31. The molecule has 0 saturated heterocycles. The number of ether oxygens (including phenoxy) is 1. The van der Waals surface area contributed by atoms with Crippen molar-refractivity contribution in [3.8, 4) is 17.0 Å². The summed E-state index contributed by atoms with van der Waals surface area (Å²) in [6.45, 7) is 0. The first kappa shape index (κ1) is 12.1. The highest BCUT2D eigenvalue weighted by atomic mass is 79.9. The van der Waals surface area contributed by atoms with Crippen molar-refractivity contribution in [2.24, 2.45) is 0 Å². The van der Waals surface area contributed by atoms with E-state index in [4.69, 9.17) is 16.3 Å². The van der Waals surface area contributed by atoms with Crippen molar-refractivity contribution in [1.29, 1.82) is 0 Å². The summed E-state index contributed by atoms with van der Waals surface area (Å²) in [5, 5.41) is 0.508. The molecule has 0 bridgehead atoms. The summed E-state index contributed by atoms with van der Waals surface area (Å²) < 4.78 is 5.68. The van der Waals surface area contributed by atoms with Crippen LogP contribution in [0.15, 0.2) is 22.8 Å². The van der Waals surface area contributed by atoms with Crippen molar-refractivity contribution >= 4 is 33.8 Å². The lowest BCUT2D eigenvalue weighted by Crippen LogP contribution is -1.86. The molecule has 1 N–H and O–H groups in total. The Balaban J connectivity index is 2.52. The van der Waals surface area contributed by atoms with Crippen LogP contribution in [0.2, 0.25) is 5.02 Å². The number of aromatic nitrogens is 2. The SMILES string of the molecule is COc1ccc(-c2nc(C=O)[nH]c2Br)c(Cl)c1. The minimum atomic E-state index is 0.249. The Hall–Kier alpha value is -1.33.